The Morgan fingerprint density at radius 3 is 0.957 bits per heavy atom. The molecule has 3 N–H and O–H groups in total. The maximum Gasteiger partial charge on any atom is 0.472 e. The summed E-state index contributed by atoms with van der Waals surface area (Å²) in [5.41, 5.74) is 0. The summed E-state index contributed by atoms with van der Waals surface area (Å²) in [5, 5.41) is 10.6. The molecule has 0 saturated heterocycles. The lowest BCUT2D eigenvalue weighted by Gasteiger charge is -2.21. The summed E-state index contributed by atoms with van der Waals surface area (Å²) >= 11 is 0. The first-order valence-corrected chi connectivity index (χ1v) is 40.7. The molecule has 19 heteroatoms. The van der Waals surface area contributed by atoms with E-state index in [4.69, 9.17) is 37.0 Å². The third-order valence-electron chi connectivity index (χ3n) is 16.9. The van der Waals surface area contributed by atoms with Crippen LogP contribution in [-0.4, -0.2) is 96.7 Å². The van der Waals surface area contributed by atoms with Crippen LogP contribution in [0.2, 0.25) is 0 Å². The second-order valence-corrected chi connectivity index (χ2v) is 30.1. The fourth-order valence-corrected chi connectivity index (χ4v) is 12.3. The summed E-state index contributed by atoms with van der Waals surface area (Å²) in [5.74, 6) is 0.102. The predicted molar refractivity (Wildman–Crippen MR) is 377 cm³/mol. The number of unbranched alkanes of at least 4 members (excludes halogenated alkanes) is 34. The summed E-state index contributed by atoms with van der Waals surface area (Å²) in [6, 6.07) is 0. The summed E-state index contributed by atoms with van der Waals surface area (Å²) < 4.78 is 68.4. The summed E-state index contributed by atoms with van der Waals surface area (Å²) in [7, 11) is -9.92. The van der Waals surface area contributed by atoms with Crippen molar-refractivity contribution in [1.29, 1.82) is 0 Å². The molecule has 0 aliphatic heterocycles. The molecule has 0 saturated carbocycles. The van der Waals surface area contributed by atoms with Gasteiger partial charge in [-0.1, -0.05) is 297 Å². The van der Waals surface area contributed by atoms with Crippen molar-refractivity contribution in [1.82, 2.24) is 0 Å². The number of rotatable bonds is 70. The summed E-state index contributed by atoms with van der Waals surface area (Å²) in [6.45, 7) is 11.8. The molecule has 0 fully saturated rings. The summed E-state index contributed by atoms with van der Waals surface area (Å²) in [4.78, 5) is 72.7. The van der Waals surface area contributed by atoms with Crippen molar-refractivity contribution in [2.45, 2.75) is 369 Å². The molecular formula is C74H140O17P2. The molecule has 3 unspecified atom stereocenters. The molecule has 0 aromatic carbocycles. The van der Waals surface area contributed by atoms with Crippen molar-refractivity contribution < 1.29 is 80.2 Å². The van der Waals surface area contributed by atoms with E-state index in [-0.39, 0.29) is 25.7 Å². The predicted octanol–water partition coefficient (Wildman–Crippen LogP) is 21.0. The number of hydrogen-bond donors (Lipinski definition) is 3. The van der Waals surface area contributed by atoms with Crippen LogP contribution in [0.5, 0.6) is 0 Å². The van der Waals surface area contributed by atoms with E-state index in [0.29, 0.717) is 25.7 Å². The summed E-state index contributed by atoms with van der Waals surface area (Å²) in [6.07, 6.45) is 52.1. The van der Waals surface area contributed by atoms with Gasteiger partial charge in [-0.2, -0.15) is 0 Å². The molecule has 0 amide bonds. The van der Waals surface area contributed by atoms with E-state index in [1.807, 2.05) is 0 Å². The fraction of sp³-hybridized carbons (Fsp3) is 0.892. The Labute approximate surface area is 567 Å². The van der Waals surface area contributed by atoms with Gasteiger partial charge in [-0.05, 0) is 69.1 Å². The zero-order chi connectivity index (χ0) is 68.7. The number of carbonyl (C=O) groups excluding carboxylic acids is 4. The molecule has 0 aromatic rings. The van der Waals surface area contributed by atoms with Gasteiger partial charge in [0.1, 0.15) is 19.3 Å². The highest BCUT2D eigenvalue weighted by atomic mass is 31.2. The lowest BCUT2D eigenvalue weighted by molar-refractivity contribution is -0.161. The second-order valence-electron chi connectivity index (χ2n) is 27.2. The van der Waals surface area contributed by atoms with Gasteiger partial charge < -0.3 is 33.8 Å². The number of phosphoric acid groups is 2. The van der Waals surface area contributed by atoms with E-state index in [1.165, 1.54) is 135 Å². The van der Waals surface area contributed by atoms with Crippen LogP contribution in [0, 0.1) is 17.8 Å². The molecule has 548 valence electrons. The van der Waals surface area contributed by atoms with Crippen molar-refractivity contribution in [3.63, 3.8) is 0 Å². The van der Waals surface area contributed by atoms with Gasteiger partial charge in [0.05, 0.1) is 26.4 Å². The number of allylic oxidation sites excluding steroid dienone is 4. The largest absolute Gasteiger partial charge is 0.472 e. The van der Waals surface area contributed by atoms with Gasteiger partial charge in [0.2, 0.25) is 0 Å². The van der Waals surface area contributed by atoms with Crippen molar-refractivity contribution >= 4 is 39.5 Å². The zero-order valence-electron chi connectivity index (χ0n) is 60.2. The maximum absolute atomic E-state index is 13.1. The first kappa shape index (κ1) is 90.5. The number of ether oxygens (including phenoxy) is 4. The number of phosphoric ester groups is 2. The van der Waals surface area contributed by atoms with Crippen LogP contribution in [0.4, 0.5) is 0 Å². The Morgan fingerprint density at radius 1 is 0.355 bits per heavy atom. The van der Waals surface area contributed by atoms with Gasteiger partial charge in [-0.3, -0.25) is 37.3 Å². The molecule has 0 bridgehead atoms. The minimum absolute atomic E-state index is 0.0995. The van der Waals surface area contributed by atoms with Crippen molar-refractivity contribution in [2.75, 3.05) is 39.6 Å². The van der Waals surface area contributed by atoms with Gasteiger partial charge >= 0.3 is 39.5 Å². The van der Waals surface area contributed by atoms with Crippen LogP contribution in [0.1, 0.15) is 350 Å². The first-order chi connectivity index (χ1) is 44.8. The van der Waals surface area contributed by atoms with E-state index >= 15 is 0 Å². The van der Waals surface area contributed by atoms with E-state index in [1.54, 1.807) is 0 Å². The molecule has 0 radical (unpaired) electrons. The molecule has 0 aliphatic rings. The van der Waals surface area contributed by atoms with Crippen molar-refractivity contribution in [3.05, 3.63) is 24.3 Å². The fourth-order valence-electron chi connectivity index (χ4n) is 10.7. The minimum atomic E-state index is -4.96. The quantitative estimate of drug-likeness (QED) is 0.0169. The Kier molecular flexibility index (Phi) is 62.5. The average Bonchev–Trinajstić information content (AvgIpc) is 3.06. The number of esters is 4. The molecular weight excluding hydrogens is 1220 g/mol. The van der Waals surface area contributed by atoms with Crippen LogP contribution < -0.4 is 0 Å². The van der Waals surface area contributed by atoms with Crippen LogP contribution >= 0.6 is 15.6 Å². The van der Waals surface area contributed by atoms with Crippen molar-refractivity contribution in [3.8, 4) is 0 Å². The molecule has 0 rings (SSSR count). The minimum Gasteiger partial charge on any atom is -0.462 e. The third-order valence-corrected chi connectivity index (χ3v) is 18.8. The van der Waals surface area contributed by atoms with E-state index in [9.17, 15) is 43.2 Å². The average molecular weight is 1360 g/mol. The van der Waals surface area contributed by atoms with Crippen LogP contribution in [0.15, 0.2) is 24.3 Å². The highest BCUT2D eigenvalue weighted by molar-refractivity contribution is 7.47. The van der Waals surface area contributed by atoms with E-state index < -0.39 is 97.5 Å². The van der Waals surface area contributed by atoms with Crippen LogP contribution in [0.25, 0.3) is 0 Å². The highest BCUT2D eigenvalue weighted by Crippen LogP contribution is 2.45. The number of hydrogen-bond acceptors (Lipinski definition) is 15. The Hall–Kier alpha value is -2.46. The molecule has 17 nitrogen and oxygen atoms in total. The zero-order valence-corrected chi connectivity index (χ0v) is 62.0. The second kappa shape index (κ2) is 64.2. The Morgan fingerprint density at radius 2 is 0.634 bits per heavy atom. The smallest absolute Gasteiger partial charge is 0.462 e. The highest BCUT2D eigenvalue weighted by Gasteiger charge is 2.30. The molecule has 6 atom stereocenters. The van der Waals surface area contributed by atoms with Gasteiger partial charge in [0.25, 0.3) is 0 Å². The van der Waals surface area contributed by atoms with Gasteiger partial charge in [0, 0.05) is 25.7 Å². The maximum atomic E-state index is 13.1. The molecule has 0 heterocycles. The molecule has 93 heavy (non-hydrogen) atoms. The van der Waals surface area contributed by atoms with E-state index in [0.717, 1.165) is 133 Å². The standard InChI is InChI=1S/C74H140O17P2/c1-8-10-11-12-13-14-15-16-17-18-22-28-33-41-48-55-71(76)84-61-69(90-73(78)57-50-43-34-29-23-20-19-21-26-31-38-45-52-65(3)4)63-88-92(80,81)86-59-68(75)60-87-93(82,83)89-64-70(62-85-72(77)56-49-42-37-36-40-47-54-67(7)9-2)91-74(79)58-51-44-35-30-25-24-27-32-39-46-53-66(5)6/h14-17,65-70,75H,8-13,18-64H2,1-7H3,(H,80,81)(H,82,83)/b15-14-,17-16-/t67?,68-,69-,70-/m1/s1. The molecule has 0 aromatic heterocycles. The van der Waals surface area contributed by atoms with E-state index in [2.05, 4.69) is 72.8 Å². The van der Waals surface area contributed by atoms with Crippen molar-refractivity contribution in [2.24, 2.45) is 17.8 Å². The molecule has 0 aliphatic carbocycles. The van der Waals surface area contributed by atoms with Gasteiger partial charge in [-0.25, -0.2) is 9.13 Å². The SMILES string of the molecule is CCCCCC/C=C\C=C/CCCCCCCC(=O)OC[C@H](COP(=O)(O)OC[C@@H](O)COP(=O)(O)OC[C@@H](COC(=O)CCCCCCCCC(C)CC)OC(=O)CCCCCCCCCCCCC(C)C)OC(=O)CCCCCCCCCCCCCCC(C)C. The third kappa shape index (κ3) is 66.6. The Bertz CT molecular complexity index is 1910. The number of aliphatic hydroxyl groups is 1. The number of aliphatic hydroxyl groups excluding tert-OH is 1. The van der Waals surface area contributed by atoms with Gasteiger partial charge in [0.15, 0.2) is 12.2 Å². The Balaban J connectivity index is 5.30. The van der Waals surface area contributed by atoms with Crippen LogP contribution in [0.3, 0.4) is 0 Å². The monoisotopic (exact) mass is 1360 g/mol. The lowest BCUT2D eigenvalue weighted by Crippen LogP contribution is -2.30. The van der Waals surface area contributed by atoms with Crippen LogP contribution in [-0.2, 0) is 65.4 Å². The number of carbonyl (C=O) groups is 4. The topological polar surface area (TPSA) is 237 Å². The normalized spacial score (nSPS) is 14.6. The molecule has 0 spiro atoms. The first-order valence-electron chi connectivity index (χ1n) is 37.7. The van der Waals surface area contributed by atoms with Gasteiger partial charge in [-0.15, -0.1) is 0 Å². The lowest BCUT2D eigenvalue weighted by atomic mass is 10.00.